The van der Waals surface area contributed by atoms with E-state index in [0.29, 0.717) is 23.9 Å². The topological polar surface area (TPSA) is 74.5 Å². The second-order valence-corrected chi connectivity index (χ2v) is 7.68. The average molecular weight is 417 g/mol. The van der Waals surface area contributed by atoms with Crippen molar-refractivity contribution in [1.29, 1.82) is 0 Å². The number of nitrogens with zero attached hydrogens (tertiary/aromatic N) is 4. The molecular weight excluding hydrogens is 388 g/mol. The van der Waals surface area contributed by atoms with Crippen molar-refractivity contribution in [3.8, 4) is 5.69 Å². The highest BCUT2D eigenvalue weighted by molar-refractivity contribution is 6.30. The zero-order valence-corrected chi connectivity index (χ0v) is 17.8. The van der Waals surface area contributed by atoms with E-state index in [1.807, 2.05) is 41.3 Å². The quantitative estimate of drug-likeness (QED) is 0.561. The number of halogens is 1. The Morgan fingerprint density at radius 1 is 1.28 bits per heavy atom. The maximum atomic E-state index is 11.6. The molecule has 0 saturated carbocycles. The van der Waals surface area contributed by atoms with E-state index in [1.54, 1.807) is 7.05 Å². The summed E-state index contributed by atoms with van der Waals surface area (Å²) in [7, 11) is 1.70. The van der Waals surface area contributed by atoms with E-state index in [1.165, 1.54) is 0 Å². The van der Waals surface area contributed by atoms with Crippen LogP contribution in [0.2, 0.25) is 5.02 Å². The summed E-state index contributed by atoms with van der Waals surface area (Å²) in [5, 5.41) is 11.2. The van der Waals surface area contributed by atoms with E-state index in [-0.39, 0.29) is 5.91 Å². The number of likely N-dealkylation sites (tertiary alicyclic amines) is 1. The average Bonchev–Trinajstić information content (AvgIpc) is 3.21. The number of aromatic nitrogens is 2. The zero-order valence-electron chi connectivity index (χ0n) is 17.1. The highest BCUT2D eigenvalue weighted by atomic mass is 35.5. The molecule has 3 rings (SSSR count). The normalized spacial score (nSPS) is 15.4. The van der Waals surface area contributed by atoms with Crippen molar-refractivity contribution in [2.24, 2.45) is 10.9 Å². The Labute approximate surface area is 177 Å². The van der Waals surface area contributed by atoms with Crippen molar-refractivity contribution in [1.82, 2.24) is 25.3 Å². The minimum absolute atomic E-state index is 0.127. The molecular formula is C21H29ClN6O. The summed E-state index contributed by atoms with van der Waals surface area (Å²) in [5.74, 6) is 1.50. The highest BCUT2D eigenvalue weighted by Crippen LogP contribution is 2.20. The van der Waals surface area contributed by atoms with Crippen LogP contribution in [0.5, 0.6) is 0 Å². The molecule has 2 aromatic rings. The molecule has 0 spiro atoms. The maximum Gasteiger partial charge on any atom is 0.220 e. The second kappa shape index (κ2) is 10.3. The third kappa shape index (κ3) is 5.97. The van der Waals surface area contributed by atoms with Gasteiger partial charge in [0.2, 0.25) is 5.91 Å². The van der Waals surface area contributed by atoms with Crippen molar-refractivity contribution in [2.45, 2.75) is 32.7 Å². The van der Waals surface area contributed by atoms with Crippen LogP contribution in [0, 0.1) is 5.92 Å². The van der Waals surface area contributed by atoms with Gasteiger partial charge in [-0.25, -0.2) is 9.67 Å². The monoisotopic (exact) mass is 416 g/mol. The first kappa shape index (κ1) is 21.2. The molecule has 1 aliphatic rings. The molecule has 0 atom stereocenters. The summed E-state index contributed by atoms with van der Waals surface area (Å²) >= 11 is 5.95. The number of hydrogen-bond donors (Lipinski definition) is 2. The van der Waals surface area contributed by atoms with Crippen molar-refractivity contribution >= 4 is 23.5 Å². The number of amides is 1. The van der Waals surface area contributed by atoms with Gasteiger partial charge in [-0.15, -0.1) is 0 Å². The number of hydrogen-bond acceptors (Lipinski definition) is 3. The van der Waals surface area contributed by atoms with E-state index >= 15 is 0 Å². The van der Waals surface area contributed by atoms with E-state index in [0.717, 1.165) is 49.7 Å². The Morgan fingerprint density at radius 3 is 2.66 bits per heavy atom. The molecule has 0 aliphatic carbocycles. The van der Waals surface area contributed by atoms with Crippen LogP contribution in [-0.2, 0) is 11.3 Å². The molecule has 1 saturated heterocycles. The van der Waals surface area contributed by atoms with Crippen LogP contribution >= 0.6 is 11.6 Å². The number of carbonyl (C=O) groups excluding carboxylic acids is 1. The van der Waals surface area contributed by atoms with Gasteiger partial charge in [0, 0.05) is 49.9 Å². The minimum atomic E-state index is 0.127. The van der Waals surface area contributed by atoms with E-state index in [9.17, 15) is 4.79 Å². The lowest BCUT2D eigenvalue weighted by atomic mass is 9.93. The Hall–Kier alpha value is -2.54. The molecule has 0 radical (unpaired) electrons. The molecule has 29 heavy (non-hydrogen) atoms. The van der Waals surface area contributed by atoms with Gasteiger partial charge in [-0.2, -0.15) is 5.10 Å². The Kier molecular flexibility index (Phi) is 7.52. The summed E-state index contributed by atoms with van der Waals surface area (Å²) in [4.78, 5) is 18.7. The number of carbonyl (C=O) groups is 1. The van der Waals surface area contributed by atoms with Gasteiger partial charge in [-0.05, 0) is 49.9 Å². The van der Waals surface area contributed by atoms with E-state index in [4.69, 9.17) is 16.6 Å². The summed E-state index contributed by atoms with van der Waals surface area (Å²) < 4.78 is 1.83. The molecule has 8 heteroatoms. The van der Waals surface area contributed by atoms with Crippen molar-refractivity contribution < 1.29 is 4.79 Å². The lowest BCUT2D eigenvalue weighted by molar-refractivity contribution is -0.121. The fourth-order valence-corrected chi connectivity index (χ4v) is 3.61. The largest absolute Gasteiger partial charge is 0.359 e. The number of aliphatic imine (C=N–C) groups is 1. The van der Waals surface area contributed by atoms with E-state index in [2.05, 4.69) is 27.6 Å². The van der Waals surface area contributed by atoms with Gasteiger partial charge in [0.1, 0.15) is 0 Å². The number of benzene rings is 1. The number of nitrogens with one attached hydrogen (secondary N) is 2. The highest BCUT2D eigenvalue weighted by Gasteiger charge is 2.23. The predicted molar refractivity (Wildman–Crippen MR) is 116 cm³/mol. The summed E-state index contributed by atoms with van der Waals surface area (Å²) in [6.45, 7) is 5.29. The first-order valence-electron chi connectivity index (χ1n) is 10.1. The summed E-state index contributed by atoms with van der Waals surface area (Å²) in [5.41, 5.74) is 2.01. The summed E-state index contributed by atoms with van der Waals surface area (Å²) in [6.07, 6.45) is 6.46. The SMILES string of the molecule is CCNC(=NCc1cnn(-c2ccc(Cl)cc2)c1)N1CCC(CC(=O)NC)CC1. The Bertz CT molecular complexity index is 824. The molecule has 156 valence electrons. The van der Waals surface area contributed by atoms with Crippen LogP contribution < -0.4 is 10.6 Å². The fraction of sp³-hybridized carbons (Fsp3) is 0.476. The van der Waals surface area contributed by atoms with Gasteiger partial charge in [0.15, 0.2) is 5.96 Å². The van der Waals surface area contributed by atoms with Gasteiger partial charge in [-0.1, -0.05) is 11.6 Å². The lowest BCUT2D eigenvalue weighted by Gasteiger charge is -2.34. The minimum Gasteiger partial charge on any atom is -0.359 e. The smallest absolute Gasteiger partial charge is 0.220 e. The molecule has 0 bridgehead atoms. The van der Waals surface area contributed by atoms with Crippen molar-refractivity contribution in [3.63, 3.8) is 0 Å². The first-order valence-corrected chi connectivity index (χ1v) is 10.5. The molecule has 2 heterocycles. The standard InChI is InChI=1S/C21H29ClN6O/c1-3-24-21(27-10-8-16(9-11-27)12-20(29)23-2)25-13-17-14-26-28(15-17)19-6-4-18(22)5-7-19/h4-7,14-16H,3,8-13H2,1-2H3,(H,23,29)(H,24,25). The Morgan fingerprint density at radius 2 is 2.00 bits per heavy atom. The lowest BCUT2D eigenvalue weighted by Crippen LogP contribution is -2.46. The van der Waals surface area contributed by atoms with Crippen LogP contribution in [0.25, 0.3) is 5.69 Å². The van der Waals surface area contributed by atoms with Crippen LogP contribution in [0.4, 0.5) is 0 Å². The third-order valence-corrected chi connectivity index (χ3v) is 5.39. The molecule has 1 fully saturated rings. The third-order valence-electron chi connectivity index (χ3n) is 5.14. The van der Waals surface area contributed by atoms with Crippen LogP contribution in [0.15, 0.2) is 41.7 Å². The maximum absolute atomic E-state index is 11.6. The predicted octanol–water partition coefficient (Wildman–Crippen LogP) is 2.84. The van der Waals surface area contributed by atoms with Crippen molar-refractivity contribution in [2.75, 3.05) is 26.7 Å². The number of piperidine rings is 1. The number of rotatable bonds is 6. The molecule has 1 aromatic heterocycles. The Balaban J connectivity index is 1.60. The summed E-state index contributed by atoms with van der Waals surface area (Å²) in [6, 6.07) is 7.59. The van der Waals surface area contributed by atoms with Gasteiger partial charge in [0.25, 0.3) is 0 Å². The first-order chi connectivity index (χ1) is 14.1. The number of guanidine groups is 1. The fourth-order valence-electron chi connectivity index (χ4n) is 3.48. The molecule has 1 aliphatic heterocycles. The van der Waals surface area contributed by atoms with Crippen LogP contribution in [0.1, 0.15) is 31.7 Å². The van der Waals surface area contributed by atoms with Gasteiger partial charge in [-0.3, -0.25) is 4.79 Å². The van der Waals surface area contributed by atoms with Gasteiger partial charge >= 0.3 is 0 Å². The second-order valence-electron chi connectivity index (χ2n) is 7.25. The van der Waals surface area contributed by atoms with Crippen LogP contribution in [0.3, 0.4) is 0 Å². The molecule has 2 N–H and O–H groups in total. The van der Waals surface area contributed by atoms with Crippen LogP contribution in [-0.4, -0.2) is 53.2 Å². The van der Waals surface area contributed by atoms with Gasteiger partial charge < -0.3 is 15.5 Å². The van der Waals surface area contributed by atoms with Gasteiger partial charge in [0.05, 0.1) is 18.4 Å². The molecule has 7 nitrogen and oxygen atoms in total. The molecule has 1 aromatic carbocycles. The molecule has 1 amide bonds. The van der Waals surface area contributed by atoms with E-state index < -0.39 is 0 Å². The van der Waals surface area contributed by atoms with Crippen molar-refractivity contribution in [3.05, 3.63) is 47.2 Å². The zero-order chi connectivity index (χ0) is 20.6. The molecule has 0 unspecified atom stereocenters.